The molecule has 0 aliphatic heterocycles. The number of halogens is 1. The van der Waals surface area contributed by atoms with E-state index >= 15 is 0 Å². The highest BCUT2D eigenvalue weighted by Gasteiger charge is 2.08. The number of benzene rings is 1. The Labute approximate surface area is 134 Å². The first kappa shape index (κ1) is 14.9. The van der Waals surface area contributed by atoms with Crippen LogP contribution in [0.2, 0.25) is 5.02 Å². The predicted octanol–water partition coefficient (Wildman–Crippen LogP) is 2.97. The van der Waals surface area contributed by atoms with Gasteiger partial charge in [-0.25, -0.2) is 9.97 Å². The minimum Gasteiger partial charge on any atom is -0.772 e. The molecule has 2 aromatic heterocycles. The molecule has 0 aliphatic rings. The van der Waals surface area contributed by atoms with E-state index < -0.39 is 11.1 Å². The average molecular weight is 333 g/mol. The number of rotatable bonds is 4. The van der Waals surface area contributed by atoms with Crippen molar-refractivity contribution in [3.8, 4) is 17.1 Å². The molecule has 0 bridgehead atoms. The van der Waals surface area contributed by atoms with Gasteiger partial charge in [-0.15, -0.1) is 0 Å². The summed E-state index contributed by atoms with van der Waals surface area (Å²) >= 11 is 3.79. The van der Waals surface area contributed by atoms with Crippen LogP contribution in [0.3, 0.4) is 0 Å². The summed E-state index contributed by atoms with van der Waals surface area (Å²) in [5, 5.41) is 0.669. The van der Waals surface area contributed by atoms with Crippen LogP contribution in [0.5, 0.6) is 0 Å². The SMILES string of the molecule is O=S([O-])Cc1ccc(-n2cncc2-c2ccc(Cl)cc2)nc1. The van der Waals surface area contributed by atoms with Crippen molar-refractivity contribution in [3.63, 3.8) is 0 Å². The molecule has 0 aliphatic carbocycles. The zero-order chi connectivity index (χ0) is 15.5. The van der Waals surface area contributed by atoms with Gasteiger partial charge in [0, 0.05) is 22.5 Å². The summed E-state index contributed by atoms with van der Waals surface area (Å²) in [6, 6.07) is 10.9. The van der Waals surface area contributed by atoms with Crippen LogP contribution in [0.25, 0.3) is 17.1 Å². The van der Waals surface area contributed by atoms with E-state index in [-0.39, 0.29) is 5.75 Å². The lowest BCUT2D eigenvalue weighted by Crippen LogP contribution is -2.00. The lowest BCUT2D eigenvalue weighted by molar-refractivity contribution is 0.536. The Morgan fingerprint density at radius 2 is 1.91 bits per heavy atom. The Hall–Kier alpha value is -2.02. The molecule has 0 amide bonds. The van der Waals surface area contributed by atoms with E-state index in [0.717, 1.165) is 11.3 Å². The lowest BCUT2D eigenvalue weighted by atomic mass is 10.1. The van der Waals surface area contributed by atoms with Crippen LogP contribution in [0.1, 0.15) is 5.56 Å². The number of nitrogens with zero attached hydrogens (tertiary/aromatic N) is 3. The summed E-state index contributed by atoms with van der Waals surface area (Å²) in [6.07, 6.45) is 4.96. The van der Waals surface area contributed by atoms with Gasteiger partial charge in [0.05, 0.1) is 11.9 Å². The summed E-state index contributed by atoms with van der Waals surface area (Å²) in [5.74, 6) is 0.629. The standard InChI is InChI=1S/C15H12ClN3O2S/c16-13-4-2-12(3-5-13)14-8-17-10-19(14)15-6-1-11(7-18-15)9-22(20)21/h1-8,10H,9H2,(H,20,21)/p-1. The minimum absolute atomic E-state index is 0.0404. The van der Waals surface area contributed by atoms with Gasteiger partial charge in [0.25, 0.3) is 0 Å². The number of imidazole rings is 1. The van der Waals surface area contributed by atoms with Crippen molar-refractivity contribution in [2.45, 2.75) is 5.75 Å². The third kappa shape index (κ3) is 3.24. The quantitative estimate of drug-likeness (QED) is 0.689. The fraction of sp³-hybridized carbons (Fsp3) is 0.0667. The van der Waals surface area contributed by atoms with E-state index in [4.69, 9.17) is 11.6 Å². The second-order valence-corrected chi connectivity index (χ2v) is 5.96. The molecule has 2 heterocycles. The Morgan fingerprint density at radius 1 is 1.14 bits per heavy atom. The first-order chi connectivity index (χ1) is 10.6. The van der Waals surface area contributed by atoms with Crippen LogP contribution in [0, 0.1) is 0 Å². The summed E-state index contributed by atoms with van der Waals surface area (Å²) in [4.78, 5) is 8.46. The maximum absolute atomic E-state index is 10.7. The van der Waals surface area contributed by atoms with Gasteiger partial charge in [0.2, 0.25) is 0 Å². The smallest absolute Gasteiger partial charge is 0.138 e. The minimum atomic E-state index is -2.12. The van der Waals surface area contributed by atoms with Crippen molar-refractivity contribution in [2.24, 2.45) is 0 Å². The molecule has 1 aromatic carbocycles. The van der Waals surface area contributed by atoms with Gasteiger partial charge < -0.3 is 4.55 Å². The molecule has 0 N–H and O–H groups in total. The highest BCUT2D eigenvalue weighted by molar-refractivity contribution is 7.78. The molecule has 3 rings (SSSR count). The fourth-order valence-corrected chi connectivity index (χ4v) is 2.66. The highest BCUT2D eigenvalue weighted by Crippen LogP contribution is 2.23. The molecule has 22 heavy (non-hydrogen) atoms. The normalized spacial score (nSPS) is 12.3. The first-order valence-corrected chi connectivity index (χ1v) is 8.05. The molecule has 0 radical (unpaired) electrons. The molecule has 1 unspecified atom stereocenters. The molecular weight excluding hydrogens is 322 g/mol. The van der Waals surface area contributed by atoms with E-state index in [1.165, 1.54) is 0 Å². The topological polar surface area (TPSA) is 70.8 Å². The van der Waals surface area contributed by atoms with Gasteiger partial charge >= 0.3 is 0 Å². The van der Waals surface area contributed by atoms with Crippen LogP contribution in [0.15, 0.2) is 55.1 Å². The Balaban J connectivity index is 1.94. The molecule has 0 saturated heterocycles. The highest BCUT2D eigenvalue weighted by atomic mass is 35.5. The average Bonchev–Trinajstić information content (AvgIpc) is 2.97. The summed E-state index contributed by atoms with van der Waals surface area (Å²) in [6.45, 7) is 0. The third-order valence-electron chi connectivity index (χ3n) is 3.12. The number of hydrogen-bond acceptors (Lipinski definition) is 4. The molecule has 0 fully saturated rings. The molecule has 0 saturated carbocycles. The van der Waals surface area contributed by atoms with Crippen molar-refractivity contribution < 1.29 is 8.76 Å². The molecule has 0 spiro atoms. The molecule has 3 aromatic rings. The first-order valence-electron chi connectivity index (χ1n) is 6.43. The summed E-state index contributed by atoms with van der Waals surface area (Å²) in [5.41, 5.74) is 2.49. The number of aromatic nitrogens is 3. The zero-order valence-corrected chi connectivity index (χ0v) is 12.9. The third-order valence-corrected chi connectivity index (χ3v) is 3.94. The van der Waals surface area contributed by atoms with Crippen molar-refractivity contribution in [1.82, 2.24) is 14.5 Å². The van der Waals surface area contributed by atoms with Crippen LogP contribution >= 0.6 is 11.6 Å². The van der Waals surface area contributed by atoms with Gasteiger partial charge in [0.15, 0.2) is 0 Å². The van der Waals surface area contributed by atoms with E-state index in [1.54, 1.807) is 30.9 Å². The van der Waals surface area contributed by atoms with Crippen LogP contribution in [-0.2, 0) is 16.8 Å². The zero-order valence-electron chi connectivity index (χ0n) is 11.3. The second-order valence-electron chi connectivity index (χ2n) is 4.63. The summed E-state index contributed by atoms with van der Waals surface area (Å²) in [7, 11) is 0. The van der Waals surface area contributed by atoms with E-state index in [1.807, 2.05) is 28.8 Å². The second kappa shape index (κ2) is 6.39. The number of hydrogen-bond donors (Lipinski definition) is 0. The molecule has 7 heteroatoms. The maximum atomic E-state index is 10.7. The largest absolute Gasteiger partial charge is 0.772 e. The van der Waals surface area contributed by atoms with Gasteiger partial charge in [-0.2, -0.15) is 0 Å². The van der Waals surface area contributed by atoms with E-state index in [2.05, 4.69) is 9.97 Å². The molecule has 5 nitrogen and oxygen atoms in total. The van der Waals surface area contributed by atoms with Crippen molar-refractivity contribution in [1.29, 1.82) is 0 Å². The maximum Gasteiger partial charge on any atom is 0.138 e. The van der Waals surface area contributed by atoms with Crippen LogP contribution in [-0.4, -0.2) is 23.3 Å². The van der Waals surface area contributed by atoms with Crippen LogP contribution < -0.4 is 0 Å². The van der Waals surface area contributed by atoms with E-state index in [0.29, 0.717) is 16.4 Å². The van der Waals surface area contributed by atoms with Gasteiger partial charge in [-0.1, -0.05) is 40.9 Å². The Morgan fingerprint density at radius 3 is 2.55 bits per heavy atom. The summed E-state index contributed by atoms with van der Waals surface area (Å²) < 4.78 is 23.2. The van der Waals surface area contributed by atoms with Crippen LogP contribution in [0.4, 0.5) is 0 Å². The van der Waals surface area contributed by atoms with Crippen molar-refractivity contribution >= 4 is 22.7 Å². The Kier molecular flexibility index (Phi) is 4.33. The van der Waals surface area contributed by atoms with Gasteiger partial charge in [0.1, 0.15) is 12.1 Å². The van der Waals surface area contributed by atoms with E-state index in [9.17, 15) is 8.76 Å². The molecule has 1 atom stereocenters. The van der Waals surface area contributed by atoms with Crippen molar-refractivity contribution in [2.75, 3.05) is 0 Å². The monoisotopic (exact) mass is 332 g/mol. The Bertz CT molecular complexity index is 800. The molecule has 112 valence electrons. The lowest BCUT2D eigenvalue weighted by Gasteiger charge is -2.09. The predicted molar refractivity (Wildman–Crippen MR) is 84.4 cm³/mol. The fourth-order valence-electron chi connectivity index (χ4n) is 2.09. The molecular formula is C15H11ClN3O2S-. The van der Waals surface area contributed by atoms with Crippen molar-refractivity contribution in [3.05, 3.63) is 65.7 Å². The van der Waals surface area contributed by atoms with Gasteiger partial charge in [-0.3, -0.25) is 8.78 Å². The van der Waals surface area contributed by atoms with Gasteiger partial charge in [-0.05, 0) is 23.8 Å². The number of pyridine rings is 1.